The average molecular weight is 545 g/mol. The lowest BCUT2D eigenvalue weighted by atomic mass is 9.99. The molecule has 9 nitrogen and oxygen atoms in total. The number of nitrogens with zero attached hydrogens (tertiary/aromatic N) is 4. The van der Waals surface area contributed by atoms with Gasteiger partial charge in [-0.25, -0.2) is 9.18 Å². The first-order chi connectivity index (χ1) is 19.5. The van der Waals surface area contributed by atoms with Crippen LogP contribution >= 0.6 is 0 Å². The van der Waals surface area contributed by atoms with Crippen molar-refractivity contribution in [1.82, 2.24) is 4.90 Å². The maximum atomic E-state index is 13.3. The van der Waals surface area contributed by atoms with Gasteiger partial charge in [-0.1, -0.05) is 18.2 Å². The average Bonchev–Trinajstić information content (AvgIpc) is 3.01. The second kappa shape index (κ2) is 11.1. The largest absolute Gasteiger partial charge is 0.761 e. The number of piperazine rings is 1. The summed E-state index contributed by atoms with van der Waals surface area (Å²) in [6.45, 7) is 3.96. The summed E-state index contributed by atoms with van der Waals surface area (Å²) in [7, 11) is 0. The van der Waals surface area contributed by atoms with Crippen LogP contribution < -0.4 is 20.2 Å². The molecule has 3 aromatic rings. The van der Waals surface area contributed by atoms with Crippen LogP contribution in [0.25, 0.3) is 0 Å². The van der Waals surface area contributed by atoms with E-state index in [1.807, 2.05) is 35.8 Å². The predicted octanol–water partition coefficient (Wildman–Crippen LogP) is 4.82. The Hall–Kier alpha value is -4.31. The van der Waals surface area contributed by atoms with Crippen molar-refractivity contribution in [1.29, 1.82) is 0 Å². The summed E-state index contributed by atoms with van der Waals surface area (Å²) >= 11 is 0. The molecule has 3 heterocycles. The van der Waals surface area contributed by atoms with Crippen LogP contribution in [0.4, 0.5) is 31.9 Å². The number of para-hydroxylation sites is 1. The van der Waals surface area contributed by atoms with E-state index in [0.29, 0.717) is 50.5 Å². The molecule has 2 fully saturated rings. The van der Waals surface area contributed by atoms with E-state index < -0.39 is 0 Å². The van der Waals surface area contributed by atoms with Crippen molar-refractivity contribution >= 4 is 34.7 Å². The Labute approximate surface area is 232 Å². The van der Waals surface area contributed by atoms with E-state index in [1.54, 1.807) is 34.1 Å². The van der Waals surface area contributed by atoms with Gasteiger partial charge in [0.25, 0.3) is 5.91 Å². The molecule has 0 spiro atoms. The third-order valence-corrected chi connectivity index (χ3v) is 8.08. The van der Waals surface area contributed by atoms with Crippen LogP contribution in [0.5, 0.6) is 0 Å². The van der Waals surface area contributed by atoms with Gasteiger partial charge in [0, 0.05) is 67.8 Å². The Morgan fingerprint density at radius 2 is 1.60 bits per heavy atom. The van der Waals surface area contributed by atoms with Crippen LogP contribution in [-0.2, 0) is 11.3 Å². The fraction of sp³-hybridized carbons (Fsp3) is 0.333. The molecule has 0 bridgehead atoms. The number of amides is 2. The number of cyclic esters (lactones) is 1. The van der Waals surface area contributed by atoms with E-state index in [0.717, 1.165) is 35.5 Å². The van der Waals surface area contributed by atoms with Gasteiger partial charge in [0.15, 0.2) is 0 Å². The summed E-state index contributed by atoms with van der Waals surface area (Å²) in [5, 5.41) is 12.0. The van der Waals surface area contributed by atoms with Crippen LogP contribution in [0.3, 0.4) is 0 Å². The topological polar surface area (TPSA) is 91.4 Å². The van der Waals surface area contributed by atoms with Crippen molar-refractivity contribution in [3.05, 3.63) is 88.9 Å². The van der Waals surface area contributed by atoms with Gasteiger partial charge in [0.05, 0.1) is 11.4 Å². The number of carbonyl (C=O) groups excluding carboxylic acids is 2. The minimum absolute atomic E-state index is 0.00304. The highest BCUT2D eigenvalue weighted by molar-refractivity contribution is 5.97. The van der Waals surface area contributed by atoms with Crippen molar-refractivity contribution in [2.45, 2.75) is 25.5 Å². The smallest absolute Gasteiger partial charge is 0.414 e. The number of rotatable bonds is 5. The van der Waals surface area contributed by atoms with Gasteiger partial charge < -0.3 is 30.1 Å². The summed E-state index contributed by atoms with van der Waals surface area (Å²) in [5.74, 6) is -0.395. The van der Waals surface area contributed by atoms with Crippen LogP contribution in [0, 0.1) is 11.0 Å². The fourth-order valence-corrected chi connectivity index (χ4v) is 5.91. The van der Waals surface area contributed by atoms with Gasteiger partial charge in [0.2, 0.25) is 0 Å². The Balaban J connectivity index is 1.09. The van der Waals surface area contributed by atoms with Crippen molar-refractivity contribution in [2.75, 3.05) is 59.4 Å². The van der Waals surface area contributed by atoms with Crippen LogP contribution in [-0.4, -0.2) is 62.2 Å². The quantitative estimate of drug-likeness (QED) is 0.461. The highest BCUT2D eigenvalue weighted by atomic mass is 19.1. The van der Waals surface area contributed by atoms with Crippen molar-refractivity contribution in [3.63, 3.8) is 0 Å². The molecule has 0 aromatic heterocycles. The first kappa shape index (κ1) is 25.9. The van der Waals surface area contributed by atoms with E-state index in [2.05, 4.69) is 9.80 Å². The Bertz CT molecular complexity index is 1390. The van der Waals surface area contributed by atoms with E-state index in [4.69, 9.17) is 4.74 Å². The molecule has 0 unspecified atom stereocenters. The van der Waals surface area contributed by atoms with Gasteiger partial charge in [0.1, 0.15) is 12.4 Å². The standard InChI is InChI=1S/C30H31FN5O4/c31-23-6-8-24(9-7-23)33-15-17-35(18-16-33)29(37)21-5-10-28(26(19-21)32-39)34-13-11-25(12-14-34)36-27-4-2-1-3-22(27)20-40-30(36)38/h1-10,19,25,32H,11-18,20H2/q-1. The zero-order valence-electron chi connectivity index (χ0n) is 22.1. The normalized spacial score (nSPS) is 17.9. The first-order valence-electron chi connectivity index (χ1n) is 13.6. The molecule has 1 N–H and O–H groups in total. The zero-order chi connectivity index (χ0) is 27.6. The van der Waals surface area contributed by atoms with Crippen molar-refractivity contribution in [2.24, 2.45) is 0 Å². The fourth-order valence-electron chi connectivity index (χ4n) is 5.91. The number of fused-ring (bicyclic) bond motifs is 1. The lowest BCUT2D eigenvalue weighted by Crippen LogP contribution is -2.49. The van der Waals surface area contributed by atoms with Crippen LogP contribution in [0.1, 0.15) is 28.8 Å². The second-order valence-corrected chi connectivity index (χ2v) is 10.4. The molecule has 10 heteroatoms. The third-order valence-electron chi connectivity index (χ3n) is 8.08. The molecule has 208 valence electrons. The lowest BCUT2D eigenvalue weighted by Gasteiger charge is -2.41. The molecule has 2 saturated heterocycles. The minimum atomic E-state index is -0.319. The predicted molar refractivity (Wildman–Crippen MR) is 152 cm³/mol. The number of hydrogen-bond acceptors (Lipinski definition) is 7. The number of piperidine rings is 1. The second-order valence-electron chi connectivity index (χ2n) is 10.4. The summed E-state index contributed by atoms with van der Waals surface area (Å²) in [6.07, 6.45) is 1.13. The molecule has 3 aliphatic rings. The Morgan fingerprint density at radius 3 is 2.33 bits per heavy atom. The van der Waals surface area contributed by atoms with Crippen LogP contribution in [0.2, 0.25) is 0 Å². The first-order valence-corrected chi connectivity index (χ1v) is 13.6. The summed E-state index contributed by atoms with van der Waals surface area (Å²) in [6, 6.07) is 19.4. The molecule has 3 aromatic carbocycles. The minimum Gasteiger partial charge on any atom is -0.761 e. The monoisotopic (exact) mass is 544 g/mol. The summed E-state index contributed by atoms with van der Waals surface area (Å²) < 4.78 is 18.7. The molecule has 0 aliphatic carbocycles. The molecular weight excluding hydrogens is 513 g/mol. The maximum Gasteiger partial charge on any atom is 0.414 e. The molecular formula is C30H31FN5O4-. The van der Waals surface area contributed by atoms with Gasteiger partial charge in [-0.2, -0.15) is 0 Å². The summed E-state index contributed by atoms with van der Waals surface area (Å²) in [4.78, 5) is 33.7. The highest BCUT2D eigenvalue weighted by Crippen LogP contribution is 2.35. The van der Waals surface area contributed by atoms with Gasteiger partial charge in [-0.3, -0.25) is 9.69 Å². The number of ether oxygens (including phenoxy) is 1. The molecule has 0 atom stereocenters. The number of nitrogens with one attached hydrogen (secondary N) is 1. The van der Waals surface area contributed by atoms with Gasteiger partial charge in [-0.05, 0) is 61.4 Å². The van der Waals surface area contributed by atoms with E-state index in [1.165, 1.54) is 12.1 Å². The third kappa shape index (κ3) is 5.02. The lowest BCUT2D eigenvalue weighted by molar-refractivity contribution is 0.0747. The van der Waals surface area contributed by atoms with Crippen LogP contribution in [0.15, 0.2) is 66.7 Å². The van der Waals surface area contributed by atoms with E-state index >= 15 is 0 Å². The highest BCUT2D eigenvalue weighted by Gasteiger charge is 2.34. The van der Waals surface area contributed by atoms with Gasteiger partial charge >= 0.3 is 6.09 Å². The molecule has 0 radical (unpaired) electrons. The number of halogens is 1. The SMILES string of the molecule is O=C(c1ccc(N2CCC(N3C(=O)OCc4ccccc43)CC2)c(N[O-])c1)N1CCN(c2ccc(F)cc2)CC1. The number of hydrogen-bond donors (Lipinski definition) is 1. The van der Waals surface area contributed by atoms with Crippen molar-refractivity contribution in [3.8, 4) is 0 Å². The van der Waals surface area contributed by atoms with E-state index in [9.17, 15) is 19.2 Å². The Morgan fingerprint density at radius 1 is 0.875 bits per heavy atom. The molecule has 0 saturated carbocycles. The molecule has 3 aliphatic heterocycles. The zero-order valence-corrected chi connectivity index (χ0v) is 22.1. The Kier molecular flexibility index (Phi) is 7.17. The number of benzene rings is 3. The molecule has 40 heavy (non-hydrogen) atoms. The maximum absolute atomic E-state index is 13.3. The number of carbonyl (C=O) groups is 2. The molecule has 2 amide bonds. The summed E-state index contributed by atoms with van der Waals surface area (Å²) in [5.41, 5.74) is 6.43. The van der Waals surface area contributed by atoms with Gasteiger partial charge in [-0.15, -0.1) is 0 Å². The molecule has 6 rings (SSSR count). The van der Waals surface area contributed by atoms with Crippen molar-refractivity contribution < 1.29 is 18.7 Å². The number of anilines is 4. The van der Waals surface area contributed by atoms with E-state index in [-0.39, 0.29) is 30.5 Å².